The first-order valence-corrected chi connectivity index (χ1v) is 16.8. The number of aliphatic hydroxyl groups is 5. The Labute approximate surface area is 249 Å². The molecule has 0 aliphatic heterocycles. The number of hydrogen-bond donors (Lipinski definition) is 6. The van der Waals surface area contributed by atoms with Crippen molar-refractivity contribution >= 4 is 19.8 Å². The van der Waals surface area contributed by atoms with E-state index >= 15 is 0 Å². The summed E-state index contributed by atoms with van der Waals surface area (Å²) >= 11 is 0. The van der Waals surface area contributed by atoms with Gasteiger partial charge in [0.25, 0.3) is 0 Å². The van der Waals surface area contributed by atoms with Crippen LogP contribution < -0.4 is 0 Å². The van der Waals surface area contributed by atoms with Gasteiger partial charge in [-0.1, -0.05) is 84.5 Å². The molecule has 42 heavy (non-hydrogen) atoms. The molecule has 248 valence electrons. The van der Waals surface area contributed by atoms with Crippen molar-refractivity contribution in [3.63, 3.8) is 0 Å². The average molecular weight is 629 g/mol. The maximum atomic E-state index is 12.6. The molecule has 0 aromatic rings. The molecule has 0 radical (unpaired) electrons. The Hall–Kier alpha value is -1.15. The molecule has 0 amide bonds. The summed E-state index contributed by atoms with van der Waals surface area (Å²) in [4.78, 5) is 34.7. The van der Waals surface area contributed by atoms with E-state index in [1.54, 1.807) is 0 Å². The lowest BCUT2D eigenvalue weighted by Crippen LogP contribution is -2.64. The van der Waals surface area contributed by atoms with Gasteiger partial charge >= 0.3 is 19.8 Å². The molecular formula is C28H53O13P. The molecule has 6 N–H and O–H groups in total. The van der Waals surface area contributed by atoms with Gasteiger partial charge in [0, 0.05) is 12.8 Å². The van der Waals surface area contributed by atoms with Crippen LogP contribution in [-0.4, -0.2) is 98.3 Å². The molecule has 0 aromatic heterocycles. The van der Waals surface area contributed by atoms with Gasteiger partial charge in [-0.3, -0.25) is 18.6 Å². The van der Waals surface area contributed by atoms with Gasteiger partial charge < -0.3 is 39.9 Å². The van der Waals surface area contributed by atoms with Crippen LogP contribution in [0.5, 0.6) is 0 Å². The Kier molecular flexibility index (Phi) is 19.9. The van der Waals surface area contributed by atoms with Crippen molar-refractivity contribution in [2.24, 2.45) is 0 Å². The lowest BCUT2D eigenvalue weighted by molar-refractivity contribution is -0.220. The van der Waals surface area contributed by atoms with Gasteiger partial charge in [-0.15, -0.1) is 0 Å². The molecule has 6 atom stereocenters. The minimum Gasteiger partial charge on any atom is -0.462 e. The Morgan fingerprint density at radius 1 is 0.643 bits per heavy atom. The molecule has 14 heteroatoms. The Morgan fingerprint density at radius 2 is 1.07 bits per heavy atom. The summed E-state index contributed by atoms with van der Waals surface area (Å²) in [6.07, 6.45) is 0.120. The first-order valence-electron chi connectivity index (χ1n) is 15.3. The molecule has 0 aromatic carbocycles. The number of carbonyl (C=O) groups is 2. The number of ether oxygens (including phenoxy) is 2. The quantitative estimate of drug-likeness (QED) is 0.0547. The van der Waals surface area contributed by atoms with Gasteiger partial charge in [-0.05, 0) is 12.8 Å². The average Bonchev–Trinajstić information content (AvgIpc) is 2.96. The van der Waals surface area contributed by atoms with Crippen LogP contribution in [0, 0.1) is 0 Å². The van der Waals surface area contributed by atoms with Crippen LogP contribution in [0.1, 0.15) is 110 Å². The predicted molar refractivity (Wildman–Crippen MR) is 152 cm³/mol. The first-order chi connectivity index (χ1) is 19.9. The highest BCUT2D eigenvalue weighted by molar-refractivity contribution is 7.47. The van der Waals surface area contributed by atoms with Crippen molar-refractivity contribution in [2.75, 3.05) is 13.2 Å². The fraction of sp³-hybridized carbons (Fsp3) is 0.929. The highest BCUT2D eigenvalue weighted by atomic mass is 31.2. The van der Waals surface area contributed by atoms with Crippen LogP contribution in [0.25, 0.3) is 0 Å². The lowest BCUT2D eigenvalue weighted by Gasteiger charge is -2.41. The zero-order chi connectivity index (χ0) is 31.5. The Balaban J connectivity index is 2.63. The van der Waals surface area contributed by atoms with E-state index < -0.39 is 75.7 Å². The van der Waals surface area contributed by atoms with Crippen LogP contribution >= 0.6 is 7.82 Å². The zero-order valence-electron chi connectivity index (χ0n) is 25.1. The fourth-order valence-electron chi connectivity index (χ4n) is 4.58. The third kappa shape index (κ3) is 15.5. The predicted octanol–water partition coefficient (Wildman–Crippen LogP) is 2.65. The van der Waals surface area contributed by atoms with Gasteiger partial charge in [0.15, 0.2) is 6.10 Å². The molecule has 0 spiro atoms. The topological polar surface area (TPSA) is 210 Å². The van der Waals surface area contributed by atoms with Gasteiger partial charge in [0.2, 0.25) is 0 Å². The highest BCUT2D eigenvalue weighted by Gasteiger charge is 2.51. The summed E-state index contributed by atoms with van der Waals surface area (Å²) in [5.41, 5.74) is 0. The number of phosphoric ester groups is 1. The summed E-state index contributed by atoms with van der Waals surface area (Å²) < 4.78 is 32.8. The van der Waals surface area contributed by atoms with Crippen molar-refractivity contribution < 1.29 is 63.1 Å². The molecule has 6 unspecified atom stereocenters. The van der Waals surface area contributed by atoms with E-state index in [0.717, 1.165) is 44.9 Å². The first kappa shape index (κ1) is 38.9. The Bertz CT molecular complexity index is 782. The second kappa shape index (κ2) is 21.5. The van der Waals surface area contributed by atoms with E-state index in [-0.39, 0.29) is 12.8 Å². The van der Waals surface area contributed by atoms with Crippen LogP contribution in [0.15, 0.2) is 0 Å². The van der Waals surface area contributed by atoms with Crippen LogP contribution in [0.2, 0.25) is 0 Å². The standard InChI is InChI=1S/C28H53O13P/c1-3-5-7-9-10-11-12-13-15-17-22(30)40-20(18-38-21(29)16-14-8-6-4-2)19-39-42(36,37)41-28-26(34)24(32)23(31)25(33)27(28)35/h20,23-28,31-35H,3-19H2,1-2H3,(H,36,37). The summed E-state index contributed by atoms with van der Waals surface area (Å²) in [6.45, 7) is 3.05. The number of esters is 2. The molecule has 0 bridgehead atoms. The van der Waals surface area contributed by atoms with E-state index in [4.69, 9.17) is 18.5 Å². The molecule has 0 heterocycles. The monoisotopic (exact) mass is 628 g/mol. The smallest absolute Gasteiger partial charge is 0.462 e. The number of rotatable bonds is 23. The maximum Gasteiger partial charge on any atom is 0.472 e. The van der Waals surface area contributed by atoms with Gasteiger partial charge in [0.05, 0.1) is 6.61 Å². The number of phosphoric acid groups is 1. The van der Waals surface area contributed by atoms with Gasteiger partial charge in [-0.2, -0.15) is 0 Å². The van der Waals surface area contributed by atoms with Crippen molar-refractivity contribution in [2.45, 2.75) is 153 Å². The molecule has 13 nitrogen and oxygen atoms in total. The van der Waals surface area contributed by atoms with Crippen LogP contribution in [0.4, 0.5) is 0 Å². The van der Waals surface area contributed by atoms with Crippen molar-refractivity contribution in [3.05, 3.63) is 0 Å². The summed E-state index contributed by atoms with van der Waals surface area (Å²) in [6, 6.07) is 0. The second-order valence-corrected chi connectivity index (χ2v) is 12.4. The number of aliphatic hydroxyl groups excluding tert-OH is 5. The lowest BCUT2D eigenvalue weighted by atomic mass is 9.85. The van der Waals surface area contributed by atoms with Crippen molar-refractivity contribution in [1.29, 1.82) is 0 Å². The normalized spacial score (nSPS) is 26.4. The van der Waals surface area contributed by atoms with Crippen LogP contribution in [-0.2, 0) is 32.7 Å². The minimum absolute atomic E-state index is 0.100. The van der Waals surface area contributed by atoms with E-state index in [1.807, 2.05) is 6.92 Å². The number of unbranched alkanes of at least 4 members (excludes halogenated alkanes) is 11. The second-order valence-electron chi connectivity index (χ2n) is 11.0. The molecule has 1 saturated carbocycles. The highest BCUT2D eigenvalue weighted by Crippen LogP contribution is 2.47. The molecule has 1 aliphatic rings. The number of hydrogen-bond acceptors (Lipinski definition) is 12. The third-order valence-electron chi connectivity index (χ3n) is 7.20. The SMILES string of the molecule is CCCCCCCCCCCC(=O)OC(COC(=O)CCCCCC)COP(=O)(O)OC1C(O)C(O)C(O)C(O)C1O. The fourth-order valence-corrected chi connectivity index (χ4v) is 5.55. The van der Waals surface area contributed by atoms with E-state index in [9.17, 15) is 44.6 Å². The Morgan fingerprint density at radius 3 is 1.60 bits per heavy atom. The van der Waals surface area contributed by atoms with Crippen molar-refractivity contribution in [3.8, 4) is 0 Å². The maximum absolute atomic E-state index is 12.6. The van der Waals surface area contributed by atoms with Crippen LogP contribution in [0.3, 0.4) is 0 Å². The molecule has 0 saturated heterocycles. The summed E-state index contributed by atoms with van der Waals surface area (Å²) in [5.74, 6) is -1.12. The summed E-state index contributed by atoms with van der Waals surface area (Å²) in [7, 11) is -5.08. The van der Waals surface area contributed by atoms with Gasteiger partial charge in [-0.25, -0.2) is 4.57 Å². The third-order valence-corrected chi connectivity index (χ3v) is 8.18. The molecule has 1 fully saturated rings. The zero-order valence-corrected chi connectivity index (χ0v) is 25.9. The molecule has 1 rings (SSSR count). The van der Waals surface area contributed by atoms with E-state index in [0.29, 0.717) is 12.8 Å². The molecule has 1 aliphatic carbocycles. The summed E-state index contributed by atoms with van der Waals surface area (Å²) in [5, 5.41) is 49.5. The van der Waals surface area contributed by atoms with E-state index in [2.05, 4.69) is 6.92 Å². The van der Waals surface area contributed by atoms with Crippen molar-refractivity contribution in [1.82, 2.24) is 0 Å². The largest absolute Gasteiger partial charge is 0.472 e. The molecular weight excluding hydrogens is 575 g/mol. The van der Waals surface area contributed by atoms with E-state index in [1.165, 1.54) is 25.7 Å². The minimum atomic E-state index is -5.08. The number of carbonyl (C=O) groups excluding carboxylic acids is 2. The van der Waals surface area contributed by atoms with Gasteiger partial charge in [0.1, 0.15) is 43.2 Å².